The third kappa shape index (κ3) is 1.21. The molecule has 0 amide bonds. The van der Waals surface area contributed by atoms with Gasteiger partial charge in [0, 0.05) is 23.3 Å². The van der Waals surface area contributed by atoms with Gasteiger partial charge in [-0.05, 0) is 19.1 Å². The number of rotatable bonds is 1. The Morgan fingerprint density at radius 1 is 1.05 bits per heavy atom. The Kier molecular flexibility index (Phi) is 2.05. The predicted molar refractivity (Wildman–Crippen MR) is 89.9 cm³/mol. The molecular formula is C19H20N2O+2. The van der Waals surface area contributed by atoms with Crippen LogP contribution in [0.4, 0.5) is 5.69 Å². The van der Waals surface area contributed by atoms with Gasteiger partial charge < -0.3 is 4.42 Å². The Balaban J connectivity index is 1.88. The first kappa shape index (κ1) is 12.4. The third-order valence-corrected chi connectivity index (χ3v) is 5.87. The van der Waals surface area contributed by atoms with Crippen molar-refractivity contribution in [1.29, 1.82) is 0 Å². The molecule has 3 unspecified atom stereocenters. The maximum atomic E-state index is 6.29. The number of fused-ring (bicyclic) bond motifs is 3. The molecule has 0 spiro atoms. The summed E-state index contributed by atoms with van der Waals surface area (Å²) in [7, 11) is 2.30. The molecule has 0 saturated carbocycles. The van der Waals surface area contributed by atoms with Gasteiger partial charge in [0.05, 0.1) is 7.05 Å². The molecule has 4 heterocycles. The van der Waals surface area contributed by atoms with Crippen LogP contribution in [-0.2, 0) is 0 Å². The maximum absolute atomic E-state index is 6.29. The lowest BCUT2D eigenvalue weighted by Gasteiger charge is -2.50. The number of furan rings is 1. The summed E-state index contributed by atoms with van der Waals surface area (Å²) in [6.07, 6.45) is 5.23. The van der Waals surface area contributed by atoms with Gasteiger partial charge in [-0.3, -0.25) is 0 Å². The van der Waals surface area contributed by atoms with Crippen LogP contribution in [0, 0.1) is 6.92 Å². The quantitative estimate of drug-likeness (QED) is 0.604. The number of benzene rings is 2. The monoisotopic (exact) mass is 292 g/mol. The summed E-state index contributed by atoms with van der Waals surface area (Å²) < 4.78 is 8.23. The van der Waals surface area contributed by atoms with Crippen LogP contribution >= 0.6 is 0 Å². The van der Waals surface area contributed by atoms with Crippen molar-refractivity contribution in [1.82, 2.24) is 4.48 Å². The van der Waals surface area contributed by atoms with E-state index in [9.17, 15) is 0 Å². The molecule has 6 rings (SSSR count). The van der Waals surface area contributed by atoms with Crippen molar-refractivity contribution < 1.29 is 8.90 Å². The second-order valence-corrected chi connectivity index (χ2v) is 7.05. The van der Waals surface area contributed by atoms with Crippen LogP contribution < -0.4 is 4.48 Å². The molecule has 2 bridgehead atoms. The first-order valence-corrected chi connectivity index (χ1v) is 7.89. The zero-order chi connectivity index (χ0) is 15.1. The molecule has 3 aliphatic rings. The summed E-state index contributed by atoms with van der Waals surface area (Å²) in [4.78, 5) is 0. The molecule has 3 heteroatoms. The van der Waals surface area contributed by atoms with Gasteiger partial charge in [-0.2, -0.15) is 8.97 Å². The van der Waals surface area contributed by atoms with Crippen LogP contribution in [0.1, 0.15) is 12.5 Å². The van der Waals surface area contributed by atoms with Gasteiger partial charge in [0.1, 0.15) is 5.58 Å². The summed E-state index contributed by atoms with van der Waals surface area (Å²) >= 11 is 0. The molecule has 110 valence electrons. The minimum absolute atomic E-state index is 0.525. The van der Waals surface area contributed by atoms with Gasteiger partial charge in [-0.1, -0.05) is 24.3 Å². The first-order valence-electron chi connectivity index (χ1n) is 7.89. The summed E-state index contributed by atoms with van der Waals surface area (Å²) in [5.74, 6) is 0. The van der Waals surface area contributed by atoms with Crippen molar-refractivity contribution in [2.75, 3.05) is 13.7 Å². The van der Waals surface area contributed by atoms with Crippen LogP contribution in [0.25, 0.3) is 21.9 Å². The van der Waals surface area contributed by atoms with Gasteiger partial charge in [-0.25, -0.2) is 0 Å². The first-order chi connectivity index (χ1) is 10.6. The molecule has 1 aromatic heterocycles. The largest absolute Gasteiger partial charge is 0.450 e. The van der Waals surface area contributed by atoms with Crippen LogP contribution in [-0.4, -0.2) is 24.4 Å². The van der Waals surface area contributed by atoms with Gasteiger partial charge in [0.15, 0.2) is 23.7 Å². The minimum Gasteiger partial charge on any atom is -0.450 e. The molecule has 3 aromatic rings. The molecule has 0 aliphatic carbocycles. The highest BCUT2D eigenvalue weighted by Gasteiger charge is 2.67. The van der Waals surface area contributed by atoms with Crippen molar-refractivity contribution in [3.63, 3.8) is 0 Å². The topological polar surface area (TPSA) is 13.1 Å². The Morgan fingerprint density at radius 2 is 1.86 bits per heavy atom. The summed E-state index contributed by atoms with van der Waals surface area (Å²) in [6, 6.07) is 12.8. The number of para-hydroxylation sites is 1. The van der Waals surface area contributed by atoms with Gasteiger partial charge >= 0.3 is 0 Å². The Labute approximate surface area is 129 Å². The predicted octanol–water partition coefficient (Wildman–Crippen LogP) is 4.45. The molecule has 3 nitrogen and oxygen atoms in total. The van der Waals surface area contributed by atoms with Gasteiger partial charge in [0.2, 0.25) is 12.8 Å². The summed E-state index contributed by atoms with van der Waals surface area (Å²) in [5.41, 5.74) is 4.70. The molecule has 3 atom stereocenters. The van der Waals surface area contributed by atoms with Crippen molar-refractivity contribution in [2.45, 2.75) is 20.0 Å². The average molecular weight is 292 g/mol. The van der Waals surface area contributed by atoms with E-state index in [1.54, 1.807) is 0 Å². The van der Waals surface area contributed by atoms with E-state index in [1.807, 2.05) is 6.07 Å². The third-order valence-electron chi connectivity index (χ3n) is 5.87. The Morgan fingerprint density at radius 3 is 2.59 bits per heavy atom. The van der Waals surface area contributed by atoms with Crippen LogP contribution in [0.15, 0.2) is 53.2 Å². The lowest BCUT2D eigenvalue weighted by atomic mass is 10.0. The van der Waals surface area contributed by atoms with E-state index < -0.39 is 0 Å². The van der Waals surface area contributed by atoms with Crippen molar-refractivity contribution in [2.24, 2.45) is 0 Å². The normalized spacial score (nSPS) is 32.8. The highest BCUT2D eigenvalue weighted by molar-refractivity contribution is 6.09. The smallest absolute Gasteiger partial charge is 0.236 e. The van der Waals surface area contributed by atoms with Crippen LogP contribution in [0.2, 0.25) is 0 Å². The van der Waals surface area contributed by atoms with E-state index in [-0.39, 0.29) is 0 Å². The molecule has 1 saturated heterocycles. The lowest BCUT2D eigenvalue weighted by Crippen LogP contribution is -2.76. The molecule has 22 heavy (non-hydrogen) atoms. The van der Waals surface area contributed by atoms with E-state index in [0.717, 1.165) is 26.8 Å². The number of hydrogen-bond acceptors (Lipinski definition) is 1. The fourth-order valence-corrected chi connectivity index (χ4v) is 4.45. The van der Waals surface area contributed by atoms with Gasteiger partial charge in [-0.15, -0.1) is 0 Å². The maximum Gasteiger partial charge on any atom is 0.236 e. The molecule has 3 aliphatic heterocycles. The fraction of sp³-hybridized carbons (Fsp3) is 0.263. The fourth-order valence-electron chi connectivity index (χ4n) is 4.45. The SMILES string of the molecule is Cc1ccc2c(oc3ccccc32)c1[N+]12C=C[N+](C)(C1)C2C. The zero-order valence-corrected chi connectivity index (χ0v) is 13.2. The molecular weight excluding hydrogens is 272 g/mol. The lowest BCUT2D eigenvalue weighted by molar-refractivity contribution is -0.941. The van der Waals surface area contributed by atoms with Crippen LogP contribution in [0.5, 0.6) is 0 Å². The molecule has 0 N–H and O–H groups in total. The van der Waals surface area contributed by atoms with Crippen molar-refractivity contribution >= 4 is 27.6 Å². The number of nitrogens with zero attached hydrogens (tertiary/aromatic N) is 2. The van der Waals surface area contributed by atoms with Gasteiger partial charge in [0.25, 0.3) is 0 Å². The highest BCUT2D eigenvalue weighted by Crippen LogP contribution is 2.51. The van der Waals surface area contributed by atoms with E-state index in [4.69, 9.17) is 4.42 Å². The van der Waals surface area contributed by atoms with Crippen molar-refractivity contribution in [3.05, 3.63) is 54.4 Å². The molecule has 1 fully saturated rings. The molecule has 2 aromatic carbocycles. The zero-order valence-electron chi connectivity index (χ0n) is 13.2. The minimum atomic E-state index is 0.525. The standard InChI is InChI=1S/C19H20N2O/c1-13-8-9-16-15-6-4-5-7-17(15)22-19(16)18(13)21-11-10-20(3,12-21)14(21)2/h4-11,14H,12H2,1-3H3/q+2. The van der Waals surface area contributed by atoms with E-state index in [2.05, 4.69) is 63.6 Å². The second-order valence-electron chi connectivity index (χ2n) is 7.05. The Bertz CT molecular complexity index is 970. The average Bonchev–Trinajstić information content (AvgIpc) is 3.13. The Hall–Kier alpha value is -2.10. The second kappa shape index (κ2) is 3.62. The highest BCUT2D eigenvalue weighted by atomic mass is 16.3. The number of quaternary nitrogens is 2. The summed E-state index contributed by atoms with van der Waals surface area (Å²) in [5, 5.41) is 2.45. The molecule has 0 radical (unpaired) electrons. The number of aryl methyl sites for hydroxylation is 1. The van der Waals surface area contributed by atoms with Crippen molar-refractivity contribution in [3.8, 4) is 0 Å². The van der Waals surface area contributed by atoms with E-state index >= 15 is 0 Å². The van der Waals surface area contributed by atoms with E-state index in [1.165, 1.54) is 22.0 Å². The van der Waals surface area contributed by atoms with E-state index in [0.29, 0.717) is 6.17 Å². The summed E-state index contributed by atoms with van der Waals surface area (Å²) in [6.45, 7) is 5.64. The number of hydrogen-bond donors (Lipinski definition) is 0. The van der Waals surface area contributed by atoms with Crippen LogP contribution in [0.3, 0.4) is 0 Å².